The van der Waals surface area contributed by atoms with Crippen LogP contribution >= 0.6 is 35.0 Å². The van der Waals surface area contributed by atoms with Crippen LogP contribution in [-0.4, -0.2) is 32.2 Å². The molecule has 4 nitrogen and oxygen atoms in total. The van der Waals surface area contributed by atoms with Gasteiger partial charge in [0.1, 0.15) is 0 Å². The molecule has 0 aromatic carbocycles. The normalized spacial score (nSPS) is 24.7. The van der Waals surface area contributed by atoms with Crippen LogP contribution in [0.3, 0.4) is 0 Å². The molecule has 1 unspecified atom stereocenters. The zero-order valence-corrected chi connectivity index (χ0v) is 11.2. The number of hydrogen-bond acceptors (Lipinski definition) is 5. The maximum absolute atomic E-state index is 5.86. The Morgan fingerprint density at radius 2 is 2.25 bits per heavy atom. The van der Waals surface area contributed by atoms with Gasteiger partial charge in [0.2, 0.25) is 5.28 Å². The minimum atomic E-state index is 0.108. The predicted octanol–water partition coefficient (Wildman–Crippen LogP) is 2.88. The number of anilines is 1. The molecule has 2 heterocycles. The summed E-state index contributed by atoms with van der Waals surface area (Å²) in [6.07, 6.45) is 2.47. The molecule has 1 aromatic rings. The van der Waals surface area contributed by atoms with Crippen molar-refractivity contribution in [3.63, 3.8) is 0 Å². The quantitative estimate of drug-likeness (QED) is 0.922. The van der Waals surface area contributed by atoms with Gasteiger partial charge in [-0.2, -0.15) is 16.7 Å². The number of hydrogen-bond donors (Lipinski definition) is 1. The molecule has 1 N–H and O–H groups in total. The number of thioether (sulfide) groups is 1. The van der Waals surface area contributed by atoms with E-state index in [1.807, 2.05) is 11.8 Å². The van der Waals surface area contributed by atoms with Crippen molar-refractivity contribution in [3.05, 3.63) is 10.4 Å². The van der Waals surface area contributed by atoms with Crippen LogP contribution in [0.1, 0.15) is 19.8 Å². The van der Waals surface area contributed by atoms with Crippen molar-refractivity contribution in [3.8, 4) is 0 Å². The summed E-state index contributed by atoms with van der Waals surface area (Å²) in [5, 5.41) is 10.8. The first-order chi connectivity index (χ1) is 7.59. The largest absolute Gasteiger partial charge is 0.366 e. The molecule has 0 bridgehead atoms. The van der Waals surface area contributed by atoms with Crippen molar-refractivity contribution in [2.24, 2.45) is 0 Å². The van der Waals surface area contributed by atoms with Gasteiger partial charge in [0.15, 0.2) is 11.0 Å². The zero-order chi connectivity index (χ0) is 11.6. The molecule has 1 atom stereocenters. The third-order valence-corrected chi connectivity index (χ3v) is 4.50. The molecule has 1 aliphatic heterocycles. The molecule has 1 fully saturated rings. The van der Waals surface area contributed by atoms with E-state index >= 15 is 0 Å². The first-order valence-corrected chi connectivity index (χ1v) is 6.77. The van der Waals surface area contributed by atoms with Gasteiger partial charge in [-0.25, -0.2) is 0 Å². The lowest BCUT2D eigenvalue weighted by atomic mass is 10.1. The topological polar surface area (TPSA) is 50.7 Å². The van der Waals surface area contributed by atoms with E-state index in [-0.39, 0.29) is 15.2 Å². The highest BCUT2D eigenvalue weighted by molar-refractivity contribution is 8.00. The minimum Gasteiger partial charge on any atom is -0.366 e. The molecule has 7 heteroatoms. The van der Waals surface area contributed by atoms with Gasteiger partial charge in [-0.3, -0.25) is 0 Å². The monoisotopic (exact) mass is 278 g/mol. The molecule has 0 radical (unpaired) electrons. The summed E-state index contributed by atoms with van der Waals surface area (Å²) in [4.78, 5) is 4.00. The van der Waals surface area contributed by atoms with Crippen LogP contribution in [0.4, 0.5) is 5.82 Å². The van der Waals surface area contributed by atoms with Gasteiger partial charge in [0.05, 0.1) is 0 Å². The summed E-state index contributed by atoms with van der Waals surface area (Å²) in [6.45, 7) is 3.05. The minimum absolute atomic E-state index is 0.108. The van der Waals surface area contributed by atoms with Crippen LogP contribution < -0.4 is 5.32 Å². The van der Waals surface area contributed by atoms with Crippen LogP contribution in [-0.2, 0) is 0 Å². The maximum Gasteiger partial charge on any atom is 0.245 e. The highest BCUT2D eigenvalue weighted by Gasteiger charge is 2.29. The van der Waals surface area contributed by atoms with Gasteiger partial charge in [0, 0.05) is 11.3 Å². The van der Waals surface area contributed by atoms with Crippen molar-refractivity contribution < 1.29 is 0 Å². The van der Waals surface area contributed by atoms with E-state index in [2.05, 4.69) is 27.4 Å². The predicted molar refractivity (Wildman–Crippen MR) is 68.4 cm³/mol. The van der Waals surface area contributed by atoms with E-state index in [1.165, 1.54) is 18.6 Å². The Kier molecular flexibility index (Phi) is 3.77. The van der Waals surface area contributed by atoms with E-state index in [1.54, 1.807) is 0 Å². The van der Waals surface area contributed by atoms with Gasteiger partial charge in [-0.1, -0.05) is 11.6 Å². The summed E-state index contributed by atoms with van der Waals surface area (Å²) in [5.41, 5.74) is 0. The van der Waals surface area contributed by atoms with Crippen LogP contribution in [0.2, 0.25) is 10.4 Å². The lowest BCUT2D eigenvalue weighted by Gasteiger charge is -2.23. The molecular weight excluding hydrogens is 267 g/mol. The number of rotatable bonds is 3. The second-order valence-electron chi connectivity index (χ2n) is 3.98. The summed E-state index contributed by atoms with van der Waals surface area (Å²) in [7, 11) is 0. The molecule has 1 aliphatic rings. The van der Waals surface area contributed by atoms with Gasteiger partial charge < -0.3 is 5.32 Å². The molecule has 0 spiro atoms. The zero-order valence-electron chi connectivity index (χ0n) is 8.83. The van der Waals surface area contributed by atoms with Gasteiger partial charge in [-0.15, -0.1) is 10.2 Å². The first-order valence-electron chi connectivity index (χ1n) is 5.03. The molecule has 88 valence electrons. The lowest BCUT2D eigenvalue weighted by molar-refractivity contribution is 0.633. The van der Waals surface area contributed by atoms with Crippen molar-refractivity contribution in [1.29, 1.82) is 0 Å². The molecule has 16 heavy (non-hydrogen) atoms. The molecule has 1 saturated heterocycles. The fourth-order valence-corrected chi connectivity index (χ4v) is 3.17. The average Bonchev–Trinajstić information content (AvgIpc) is 2.67. The number of aromatic nitrogens is 3. The standard InChI is InChI=1S/C9H12Cl2N4S/c1-9(3-2-4-16-9)5-12-7-6(10)14-15-8(11)13-7/h2-5H2,1H3,(H,12,13,15). The van der Waals surface area contributed by atoms with Gasteiger partial charge in [0.25, 0.3) is 0 Å². The molecule has 0 amide bonds. The van der Waals surface area contributed by atoms with E-state index in [9.17, 15) is 0 Å². The van der Waals surface area contributed by atoms with Crippen molar-refractivity contribution in [2.75, 3.05) is 17.6 Å². The fraction of sp³-hybridized carbons (Fsp3) is 0.667. The van der Waals surface area contributed by atoms with Crippen molar-refractivity contribution in [1.82, 2.24) is 15.2 Å². The molecule has 0 saturated carbocycles. The Hall–Kier alpha value is -0.260. The van der Waals surface area contributed by atoms with E-state index < -0.39 is 0 Å². The van der Waals surface area contributed by atoms with Crippen LogP contribution in [0.15, 0.2) is 0 Å². The summed E-state index contributed by atoms with van der Waals surface area (Å²) in [5.74, 6) is 1.73. The average molecular weight is 279 g/mol. The maximum atomic E-state index is 5.86. The van der Waals surface area contributed by atoms with Crippen LogP contribution in [0.5, 0.6) is 0 Å². The second kappa shape index (κ2) is 4.94. The van der Waals surface area contributed by atoms with E-state index in [0.717, 1.165) is 6.54 Å². The fourth-order valence-electron chi connectivity index (χ4n) is 1.65. The Morgan fingerprint density at radius 3 is 2.94 bits per heavy atom. The Bertz CT molecular complexity index is 382. The number of halogens is 2. The Morgan fingerprint density at radius 1 is 1.44 bits per heavy atom. The smallest absolute Gasteiger partial charge is 0.245 e. The third-order valence-electron chi connectivity index (χ3n) is 2.55. The van der Waals surface area contributed by atoms with E-state index in [4.69, 9.17) is 23.2 Å². The van der Waals surface area contributed by atoms with Crippen LogP contribution in [0, 0.1) is 0 Å². The number of nitrogens with zero attached hydrogens (tertiary/aromatic N) is 3. The van der Waals surface area contributed by atoms with Gasteiger partial charge >= 0.3 is 0 Å². The number of nitrogens with one attached hydrogen (secondary N) is 1. The van der Waals surface area contributed by atoms with Crippen molar-refractivity contribution >= 4 is 40.8 Å². The molecular formula is C9H12Cl2N4S. The highest BCUT2D eigenvalue weighted by Crippen LogP contribution is 2.37. The Labute approximate surface area is 109 Å². The molecule has 0 aliphatic carbocycles. The third kappa shape index (κ3) is 2.90. The van der Waals surface area contributed by atoms with Crippen molar-refractivity contribution in [2.45, 2.75) is 24.5 Å². The SMILES string of the molecule is CC1(CNc2nc(Cl)nnc2Cl)CCCS1. The van der Waals surface area contributed by atoms with E-state index in [0.29, 0.717) is 5.82 Å². The summed E-state index contributed by atoms with van der Waals surface area (Å²) < 4.78 is 0.251. The molecule has 1 aromatic heterocycles. The van der Waals surface area contributed by atoms with Crippen LogP contribution in [0.25, 0.3) is 0 Å². The van der Waals surface area contributed by atoms with Gasteiger partial charge in [-0.05, 0) is 37.1 Å². The summed E-state index contributed by atoms with van der Waals surface area (Å²) >= 11 is 13.5. The Balaban J connectivity index is 2.01. The summed E-state index contributed by atoms with van der Waals surface area (Å²) in [6, 6.07) is 0. The highest BCUT2D eigenvalue weighted by atomic mass is 35.5. The lowest BCUT2D eigenvalue weighted by Crippen LogP contribution is -2.27. The second-order valence-corrected chi connectivity index (χ2v) is 6.35. The first kappa shape index (κ1) is 12.2. The molecule has 2 rings (SSSR count).